The smallest absolute Gasteiger partial charge is 0.191 e. The molecule has 0 radical (unpaired) electrons. The lowest BCUT2D eigenvalue weighted by Crippen LogP contribution is -2.42. The van der Waals surface area contributed by atoms with Crippen molar-refractivity contribution in [1.29, 1.82) is 0 Å². The van der Waals surface area contributed by atoms with Crippen LogP contribution in [0.15, 0.2) is 23.5 Å². The van der Waals surface area contributed by atoms with E-state index in [0.29, 0.717) is 5.41 Å². The summed E-state index contributed by atoms with van der Waals surface area (Å²) in [5, 5.41) is 6.85. The zero-order valence-corrected chi connectivity index (χ0v) is 15.8. The average Bonchev–Trinajstić information content (AvgIpc) is 3.03. The number of nitrogens with zero attached hydrogens (tertiary/aromatic N) is 2. The van der Waals surface area contributed by atoms with Crippen LogP contribution in [0.5, 0.6) is 0 Å². The zero-order chi connectivity index (χ0) is 14.4. The van der Waals surface area contributed by atoms with E-state index in [-0.39, 0.29) is 24.0 Å². The van der Waals surface area contributed by atoms with Crippen LogP contribution in [0.25, 0.3) is 0 Å². The molecule has 1 aromatic rings. The lowest BCUT2D eigenvalue weighted by Gasteiger charge is -2.25. The van der Waals surface area contributed by atoms with Crippen molar-refractivity contribution < 1.29 is 0 Å². The van der Waals surface area contributed by atoms with Gasteiger partial charge in [-0.2, -0.15) is 0 Å². The van der Waals surface area contributed by atoms with Crippen LogP contribution in [-0.2, 0) is 13.6 Å². The van der Waals surface area contributed by atoms with Gasteiger partial charge < -0.3 is 15.2 Å². The van der Waals surface area contributed by atoms with Crippen LogP contribution in [-0.4, -0.2) is 23.6 Å². The number of hydrogen-bond acceptors (Lipinski definition) is 1. The fourth-order valence-electron chi connectivity index (χ4n) is 2.87. The van der Waals surface area contributed by atoms with Crippen molar-refractivity contribution >= 4 is 29.9 Å². The van der Waals surface area contributed by atoms with Gasteiger partial charge in [0.25, 0.3) is 0 Å². The van der Waals surface area contributed by atoms with Gasteiger partial charge >= 0.3 is 0 Å². The van der Waals surface area contributed by atoms with Crippen LogP contribution >= 0.6 is 24.0 Å². The summed E-state index contributed by atoms with van der Waals surface area (Å²) in [5.41, 5.74) is 1.69. The minimum atomic E-state index is 0. The first-order valence-electron chi connectivity index (χ1n) is 7.74. The largest absolute Gasteiger partial charge is 0.357 e. The molecule has 0 aliphatic heterocycles. The van der Waals surface area contributed by atoms with Crippen LogP contribution in [0.4, 0.5) is 0 Å². The van der Waals surface area contributed by atoms with Crippen LogP contribution in [0.3, 0.4) is 0 Å². The van der Waals surface area contributed by atoms with Crippen LogP contribution in [0.1, 0.15) is 45.1 Å². The molecule has 120 valence electrons. The van der Waals surface area contributed by atoms with E-state index < -0.39 is 0 Å². The van der Waals surface area contributed by atoms with Crippen molar-refractivity contribution in [3.05, 3.63) is 24.0 Å². The topological polar surface area (TPSA) is 41.4 Å². The molecule has 1 fully saturated rings. The van der Waals surface area contributed by atoms with Gasteiger partial charge in [-0.3, -0.25) is 0 Å². The Morgan fingerprint density at radius 1 is 1.33 bits per heavy atom. The lowest BCUT2D eigenvalue weighted by atomic mass is 9.89. The molecule has 1 aromatic heterocycles. The minimum Gasteiger partial charge on any atom is -0.357 e. The highest BCUT2D eigenvalue weighted by Crippen LogP contribution is 2.36. The second kappa shape index (κ2) is 8.66. The van der Waals surface area contributed by atoms with Gasteiger partial charge in [-0.05, 0) is 36.8 Å². The molecule has 1 aliphatic rings. The Kier molecular flexibility index (Phi) is 7.56. The summed E-state index contributed by atoms with van der Waals surface area (Å²) in [4.78, 5) is 4.67. The van der Waals surface area contributed by atoms with E-state index in [4.69, 9.17) is 0 Å². The van der Waals surface area contributed by atoms with Gasteiger partial charge in [-0.25, -0.2) is 4.99 Å². The lowest BCUT2D eigenvalue weighted by molar-refractivity contribution is 0.334. The summed E-state index contributed by atoms with van der Waals surface area (Å²) in [7, 11) is 2.04. The first-order chi connectivity index (χ1) is 9.61. The fraction of sp³-hybridized carbons (Fsp3) is 0.688. The van der Waals surface area contributed by atoms with Crippen molar-refractivity contribution in [2.75, 3.05) is 13.1 Å². The quantitative estimate of drug-likeness (QED) is 0.449. The highest BCUT2D eigenvalue weighted by atomic mass is 127. The molecule has 0 atom stereocenters. The number of rotatable bonds is 5. The minimum absolute atomic E-state index is 0. The van der Waals surface area contributed by atoms with E-state index in [1.807, 2.05) is 7.05 Å². The normalized spacial score (nSPS) is 17.4. The fourth-order valence-corrected chi connectivity index (χ4v) is 2.87. The van der Waals surface area contributed by atoms with Gasteiger partial charge in [0.05, 0.1) is 6.54 Å². The molecule has 1 aliphatic carbocycles. The Hall–Kier alpha value is -0.720. The van der Waals surface area contributed by atoms with E-state index in [0.717, 1.165) is 25.6 Å². The van der Waals surface area contributed by atoms with Gasteiger partial charge in [0.2, 0.25) is 0 Å². The highest BCUT2D eigenvalue weighted by Gasteiger charge is 2.28. The van der Waals surface area contributed by atoms with E-state index in [1.54, 1.807) is 0 Å². The van der Waals surface area contributed by atoms with Gasteiger partial charge in [0, 0.05) is 32.5 Å². The van der Waals surface area contributed by atoms with Crippen LogP contribution in [0.2, 0.25) is 0 Å². The van der Waals surface area contributed by atoms with Crippen LogP contribution < -0.4 is 10.6 Å². The maximum atomic E-state index is 4.67. The predicted octanol–water partition coefficient (Wildman–Crippen LogP) is 3.28. The summed E-state index contributed by atoms with van der Waals surface area (Å²) in [6, 6.07) is 2.12. The Morgan fingerprint density at radius 2 is 2.05 bits per heavy atom. The standard InChI is InChI=1S/C16H28N4.HI/c1-4-17-15(18-11-14-7-10-20(3)12-14)19-13-16(2)8-5-6-9-16;/h7,10,12H,4-6,8-9,11,13H2,1-3H3,(H2,17,18,19);1H. The number of nitrogens with one attached hydrogen (secondary N) is 2. The summed E-state index contributed by atoms with van der Waals surface area (Å²) in [6.45, 7) is 7.14. The summed E-state index contributed by atoms with van der Waals surface area (Å²) >= 11 is 0. The highest BCUT2D eigenvalue weighted by molar-refractivity contribution is 14.0. The van der Waals surface area contributed by atoms with Gasteiger partial charge in [-0.1, -0.05) is 19.8 Å². The van der Waals surface area contributed by atoms with Crippen molar-refractivity contribution in [3.63, 3.8) is 0 Å². The number of halogens is 1. The second-order valence-corrected chi connectivity index (χ2v) is 6.25. The molecule has 0 bridgehead atoms. The molecule has 0 saturated heterocycles. The molecular weight excluding hydrogens is 375 g/mol. The number of aliphatic imine (C=N–C) groups is 1. The molecule has 2 rings (SSSR count). The van der Waals surface area contributed by atoms with Crippen LogP contribution in [0, 0.1) is 5.41 Å². The van der Waals surface area contributed by atoms with Crippen molar-refractivity contribution in [1.82, 2.24) is 15.2 Å². The third-order valence-corrected chi connectivity index (χ3v) is 4.15. The summed E-state index contributed by atoms with van der Waals surface area (Å²) < 4.78 is 2.06. The maximum absolute atomic E-state index is 4.67. The zero-order valence-electron chi connectivity index (χ0n) is 13.5. The maximum Gasteiger partial charge on any atom is 0.191 e. The van der Waals surface area contributed by atoms with E-state index in [2.05, 4.69) is 52.5 Å². The Labute approximate surface area is 145 Å². The molecule has 21 heavy (non-hydrogen) atoms. The molecule has 0 spiro atoms. The molecule has 0 amide bonds. The number of hydrogen-bond donors (Lipinski definition) is 2. The first kappa shape index (κ1) is 18.3. The van der Waals surface area contributed by atoms with Gasteiger partial charge in [-0.15, -0.1) is 24.0 Å². The number of aryl methyl sites for hydroxylation is 1. The van der Waals surface area contributed by atoms with Crippen molar-refractivity contribution in [2.24, 2.45) is 17.5 Å². The molecule has 2 N–H and O–H groups in total. The van der Waals surface area contributed by atoms with Gasteiger partial charge in [0.1, 0.15) is 0 Å². The van der Waals surface area contributed by atoms with E-state index in [1.165, 1.54) is 31.2 Å². The molecule has 0 unspecified atom stereocenters. The van der Waals surface area contributed by atoms with E-state index >= 15 is 0 Å². The first-order valence-corrected chi connectivity index (χ1v) is 7.74. The molecule has 5 heteroatoms. The molecule has 1 saturated carbocycles. The molecule has 4 nitrogen and oxygen atoms in total. The molecule has 1 heterocycles. The summed E-state index contributed by atoms with van der Waals surface area (Å²) in [5.74, 6) is 0.935. The number of guanidine groups is 1. The SMILES string of the molecule is CCNC(=NCc1ccn(C)c1)NCC1(C)CCCC1.I. The van der Waals surface area contributed by atoms with Gasteiger partial charge in [0.15, 0.2) is 5.96 Å². The Bertz CT molecular complexity index is 447. The molecular formula is C16H29IN4. The monoisotopic (exact) mass is 404 g/mol. The Balaban J connectivity index is 0.00000220. The van der Waals surface area contributed by atoms with E-state index in [9.17, 15) is 0 Å². The molecule has 0 aromatic carbocycles. The van der Waals surface area contributed by atoms with Crippen molar-refractivity contribution in [3.8, 4) is 0 Å². The second-order valence-electron chi connectivity index (χ2n) is 6.25. The summed E-state index contributed by atoms with van der Waals surface area (Å²) in [6.07, 6.45) is 9.58. The number of aromatic nitrogens is 1. The third-order valence-electron chi connectivity index (χ3n) is 4.15. The Morgan fingerprint density at radius 3 is 2.62 bits per heavy atom. The average molecular weight is 404 g/mol. The van der Waals surface area contributed by atoms with Crippen molar-refractivity contribution in [2.45, 2.75) is 46.1 Å². The predicted molar refractivity (Wildman–Crippen MR) is 100 cm³/mol. The third kappa shape index (κ3) is 5.88.